The smallest absolute Gasteiger partial charge is 0.306 e. The van der Waals surface area contributed by atoms with Crippen LogP contribution in [0.2, 0.25) is 5.02 Å². The molecule has 4 rings (SSSR count). The summed E-state index contributed by atoms with van der Waals surface area (Å²) in [5, 5.41) is 0.605. The van der Waals surface area contributed by atoms with E-state index in [1.165, 1.54) is 12.1 Å². The molecule has 0 radical (unpaired) electrons. The number of rotatable bonds is 3. The first-order valence-electron chi connectivity index (χ1n) is 9.06. The van der Waals surface area contributed by atoms with Crippen molar-refractivity contribution in [3.05, 3.63) is 86.3 Å². The summed E-state index contributed by atoms with van der Waals surface area (Å²) in [6.07, 6.45) is -3.75. The van der Waals surface area contributed by atoms with E-state index in [2.05, 4.69) is 9.97 Å². The van der Waals surface area contributed by atoms with Crippen LogP contribution in [0.1, 0.15) is 22.4 Å². The maximum absolute atomic E-state index is 12.7. The molecule has 2 aromatic carbocycles. The van der Waals surface area contributed by atoms with Gasteiger partial charge in [-0.05, 0) is 42.0 Å². The molecular weight excluding hydrogens is 403 g/mol. The van der Waals surface area contributed by atoms with E-state index in [1.54, 1.807) is 24.3 Å². The summed E-state index contributed by atoms with van der Waals surface area (Å²) in [5.74, 6) is 0.501. The summed E-state index contributed by atoms with van der Waals surface area (Å²) in [7, 11) is 0. The lowest BCUT2D eigenvalue weighted by atomic mass is 10.0. The molecule has 0 saturated carbocycles. The Hall–Kier alpha value is -2.64. The number of aromatic nitrogens is 2. The van der Waals surface area contributed by atoms with Crippen LogP contribution in [-0.4, -0.2) is 21.4 Å². The topological polar surface area (TPSA) is 49.0 Å². The van der Waals surface area contributed by atoms with Gasteiger partial charge in [0, 0.05) is 36.6 Å². The van der Waals surface area contributed by atoms with Crippen LogP contribution in [0.25, 0.3) is 11.4 Å². The van der Waals surface area contributed by atoms with Crippen LogP contribution in [0.4, 0.5) is 13.2 Å². The lowest BCUT2D eigenvalue weighted by molar-refractivity contribution is -0.137. The lowest BCUT2D eigenvalue weighted by Crippen LogP contribution is -2.35. The van der Waals surface area contributed by atoms with E-state index in [4.69, 9.17) is 11.6 Å². The summed E-state index contributed by atoms with van der Waals surface area (Å²) in [6, 6.07) is 12.2. The molecule has 3 aromatic rings. The highest BCUT2D eigenvalue weighted by Gasteiger charge is 2.30. The zero-order valence-corrected chi connectivity index (χ0v) is 16.0. The second-order valence-electron chi connectivity index (χ2n) is 7.00. The Bertz CT molecular complexity index is 1080. The Morgan fingerprint density at radius 3 is 2.41 bits per heavy atom. The SMILES string of the molecule is O=c1[nH]c(-c2ccc(Cl)cc2)nc2c1CN(Cc1ccc(C(F)(F)F)cc1)CC2. The molecule has 0 fully saturated rings. The minimum Gasteiger partial charge on any atom is -0.306 e. The van der Waals surface area contributed by atoms with Gasteiger partial charge in [-0.25, -0.2) is 4.98 Å². The van der Waals surface area contributed by atoms with E-state index in [0.717, 1.165) is 29.0 Å². The van der Waals surface area contributed by atoms with E-state index in [9.17, 15) is 18.0 Å². The second-order valence-corrected chi connectivity index (χ2v) is 7.44. The second kappa shape index (κ2) is 7.65. The van der Waals surface area contributed by atoms with Gasteiger partial charge in [0.15, 0.2) is 0 Å². The Balaban J connectivity index is 1.51. The Kier molecular flexibility index (Phi) is 5.19. The van der Waals surface area contributed by atoms with Crippen molar-refractivity contribution in [1.82, 2.24) is 14.9 Å². The molecule has 0 amide bonds. The van der Waals surface area contributed by atoms with Crippen molar-refractivity contribution in [1.29, 1.82) is 0 Å². The fourth-order valence-electron chi connectivity index (χ4n) is 3.42. The summed E-state index contributed by atoms with van der Waals surface area (Å²) in [5.41, 5.74) is 2.03. The van der Waals surface area contributed by atoms with Gasteiger partial charge >= 0.3 is 6.18 Å². The van der Waals surface area contributed by atoms with Crippen molar-refractivity contribution in [3.8, 4) is 11.4 Å². The maximum Gasteiger partial charge on any atom is 0.416 e. The van der Waals surface area contributed by atoms with Crippen molar-refractivity contribution in [2.24, 2.45) is 0 Å². The number of nitrogens with zero attached hydrogens (tertiary/aromatic N) is 2. The molecule has 0 atom stereocenters. The summed E-state index contributed by atoms with van der Waals surface area (Å²) in [6.45, 7) is 1.54. The number of hydrogen-bond donors (Lipinski definition) is 1. The first-order chi connectivity index (χ1) is 13.8. The van der Waals surface area contributed by atoms with Crippen LogP contribution in [0.15, 0.2) is 53.3 Å². The molecule has 29 heavy (non-hydrogen) atoms. The van der Waals surface area contributed by atoms with Crippen LogP contribution < -0.4 is 5.56 Å². The molecule has 150 valence electrons. The number of halogens is 4. The van der Waals surface area contributed by atoms with Crippen molar-refractivity contribution in [3.63, 3.8) is 0 Å². The van der Waals surface area contributed by atoms with E-state index in [1.807, 2.05) is 4.90 Å². The third-order valence-corrected chi connectivity index (χ3v) is 5.20. The first-order valence-corrected chi connectivity index (χ1v) is 9.44. The number of nitrogens with one attached hydrogen (secondary N) is 1. The predicted molar refractivity (Wildman–Crippen MR) is 105 cm³/mol. The molecule has 0 aliphatic carbocycles. The zero-order valence-electron chi connectivity index (χ0n) is 15.3. The number of H-pyrrole nitrogens is 1. The molecule has 1 aliphatic heterocycles. The number of alkyl halides is 3. The molecule has 0 bridgehead atoms. The highest BCUT2D eigenvalue weighted by atomic mass is 35.5. The van der Waals surface area contributed by atoms with Gasteiger partial charge in [-0.1, -0.05) is 23.7 Å². The van der Waals surface area contributed by atoms with Crippen molar-refractivity contribution < 1.29 is 13.2 Å². The predicted octanol–water partition coefficient (Wildman–Crippen LogP) is 4.67. The molecule has 8 heteroatoms. The highest BCUT2D eigenvalue weighted by Crippen LogP contribution is 2.29. The number of hydrogen-bond acceptors (Lipinski definition) is 3. The molecule has 2 heterocycles. The lowest BCUT2D eigenvalue weighted by Gasteiger charge is -2.27. The first kappa shape index (κ1) is 19.7. The quantitative estimate of drug-likeness (QED) is 0.671. The fourth-order valence-corrected chi connectivity index (χ4v) is 3.54. The van der Waals surface area contributed by atoms with Crippen LogP contribution >= 0.6 is 11.6 Å². The monoisotopic (exact) mass is 419 g/mol. The van der Waals surface area contributed by atoms with Crippen LogP contribution in [0.3, 0.4) is 0 Å². The molecule has 0 unspecified atom stereocenters. The van der Waals surface area contributed by atoms with E-state index in [0.29, 0.717) is 42.5 Å². The van der Waals surface area contributed by atoms with Gasteiger partial charge in [0.25, 0.3) is 5.56 Å². The van der Waals surface area contributed by atoms with Gasteiger partial charge in [-0.2, -0.15) is 13.2 Å². The molecule has 0 spiro atoms. The van der Waals surface area contributed by atoms with E-state index < -0.39 is 11.7 Å². The fraction of sp³-hybridized carbons (Fsp3) is 0.238. The van der Waals surface area contributed by atoms with Crippen LogP contribution in [-0.2, 0) is 25.7 Å². The third kappa shape index (κ3) is 4.36. The van der Waals surface area contributed by atoms with Gasteiger partial charge < -0.3 is 4.98 Å². The Labute approximate surface area is 170 Å². The van der Waals surface area contributed by atoms with Gasteiger partial charge in [0.2, 0.25) is 0 Å². The molecule has 1 N–H and O–H groups in total. The average molecular weight is 420 g/mol. The molecular formula is C21H17ClF3N3O. The van der Waals surface area contributed by atoms with Crippen molar-refractivity contribution in [2.45, 2.75) is 25.7 Å². The van der Waals surface area contributed by atoms with Gasteiger partial charge in [0.05, 0.1) is 16.8 Å². The number of aromatic amines is 1. The maximum atomic E-state index is 12.7. The van der Waals surface area contributed by atoms with E-state index >= 15 is 0 Å². The molecule has 0 saturated heterocycles. The van der Waals surface area contributed by atoms with Gasteiger partial charge in [0.1, 0.15) is 5.82 Å². The highest BCUT2D eigenvalue weighted by molar-refractivity contribution is 6.30. The number of benzene rings is 2. The van der Waals surface area contributed by atoms with Crippen LogP contribution in [0.5, 0.6) is 0 Å². The molecule has 1 aliphatic rings. The van der Waals surface area contributed by atoms with Crippen molar-refractivity contribution >= 4 is 11.6 Å². The normalized spacial score (nSPS) is 14.6. The molecule has 4 nitrogen and oxygen atoms in total. The Morgan fingerprint density at radius 2 is 1.76 bits per heavy atom. The standard InChI is InChI=1S/C21H17ClF3N3O/c22-16-7-3-14(4-8-16)19-26-18-9-10-28(12-17(18)20(29)27-19)11-13-1-5-15(6-2-13)21(23,24)25/h1-8H,9-12H2,(H,26,27,29). The summed E-state index contributed by atoms with van der Waals surface area (Å²) < 4.78 is 38.1. The van der Waals surface area contributed by atoms with Gasteiger partial charge in [-0.15, -0.1) is 0 Å². The minimum atomic E-state index is -4.34. The Morgan fingerprint density at radius 1 is 1.07 bits per heavy atom. The average Bonchev–Trinajstić information content (AvgIpc) is 2.68. The van der Waals surface area contributed by atoms with E-state index in [-0.39, 0.29) is 5.56 Å². The molecule has 1 aromatic heterocycles. The third-order valence-electron chi connectivity index (χ3n) is 4.95. The number of fused-ring (bicyclic) bond motifs is 1. The minimum absolute atomic E-state index is 0.197. The van der Waals surface area contributed by atoms with Crippen LogP contribution in [0, 0.1) is 0 Å². The summed E-state index contributed by atoms with van der Waals surface area (Å²) >= 11 is 5.91. The van der Waals surface area contributed by atoms with Crippen molar-refractivity contribution in [2.75, 3.05) is 6.54 Å². The summed E-state index contributed by atoms with van der Waals surface area (Å²) in [4.78, 5) is 22.1. The zero-order chi connectivity index (χ0) is 20.6. The van der Waals surface area contributed by atoms with Gasteiger partial charge in [-0.3, -0.25) is 9.69 Å². The largest absolute Gasteiger partial charge is 0.416 e.